The van der Waals surface area contributed by atoms with Gasteiger partial charge >= 0.3 is 17.9 Å². The molecule has 3 rings (SSSR count). The van der Waals surface area contributed by atoms with Gasteiger partial charge in [0.1, 0.15) is 29.4 Å². The number of aromatic nitrogens is 1. The lowest BCUT2D eigenvalue weighted by atomic mass is 10.0. The third kappa shape index (κ3) is 5.43. The lowest BCUT2D eigenvalue weighted by Crippen LogP contribution is -2.71. The number of hydrogen-bond donors (Lipinski definition) is 3. The lowest BCUT2D eigenvalue weighted by molar-refractivity contribution is -0.150. The van der Waals surface area contributed by atoms with Crippen molar-refractivity contribution in [2.24, 2.45) is 5.16 Å². The van der Waals surface area contributed by atoms with Crippen LogP contribution < -0.4 is 11.1 Å². The Hall–Kier alpha value is -3.72. The van der Waals surface area contributed by atoms with Crippen LogP contribution in [0.1, 0.15) is 19.5 Å². The average molecular weight is 510 g/mol. The van der Waals surface area contributed by atoms with Gasteiger partial charge in [0.25, 0.3) is 11.8 Å². The third-order valence-electron chi connectivity index (χ3n) is 4.43. The molecule has 2 atom stereocenters. The van der Waals surface area contributed by atoms with E-state index >= 15 is 0 Å². The molecule has 1 saturated heterocycles. The van der Waals surface area contributed by atoms with Crippen molar-refractivity contribution in [2.45, 2.75) is 25.3 Å². The van der Waals surface area contributed by atoms with Crippen molar-refractivity contribution in [3.8, 4) is 0 Å². The Morgan fingerprint density at radius 1 is 1.35 bits per heavy atom. The molecule has 0 aliphatic carbocycles. The number of fused-ring (bicyclic) bond motifs is 1. The largest absolute Gasteiger partial charge is 0.477 e. The molecule has 0 saturated carbocycles. The second-order valence-corrected chi connectivity index (χ2v) is 8.83. The van der Waals surface area contributed by atoms with Gasteiger partial charge < -0.3 is 25.7 Å². The number of allylic oxidation sites excluding steroid dienone is 1. The maximum absolute atomic E-state index is 12.8. The number of rotatable bonds is 8. The number of nitrogens with zero attached hydrogens (tertiary/aromatic N) is 3. The number of carboxylic acid groups (broad SMARTS) is 1. The Morgan fingerprint density at radius 2 is 2.09 bits per heavy atom. The molecule has 34 heavy (non-hydrogen) atoms. The van der Waals surface area contributed by atoms with Gasteiger partial charge in [-0.15, -0.1) is 23.1 Å². The normalized spacial score (nSPS) is 20.0. The summed E-state index contributed by atoms with van der Waals surface area (Å²) in [5.41, 5.74) is 5.41. The highest BCUT2D eigenvalue weighted by Gasteiger charge is 2.54. The number of carbonyl (C=O) groups is 5. The summed E-state index contributed by atoms with van der Waals surface area (Å²) < 4.78 is 4.78. The van der Waals surface area contributed by atoms with Crippen LogP contribution in [0.2, 0.25) is 0 Å². The SMILES string of the molecule is CC(=O)OC/C=C/C1=C(C(=O)O)N2C(=O)[C@@H](NC(=O)/C(=N\OC(C)=O)c3csc(N)n3)[C@@H]2SC1. The first-order valence-corrected chi connectivity index (χ1v) is 11.5. The van der Waals surface area contributed by atoms with Gasteiger partial charge in [0, 0.05) is 25.0 Å². The van der Waals surface area contributed by atoms with Crippen molar-refractivity contribution >= 4 is 63.7 Å². The number of β-lactam (4-membered cyclic amide) rings is 1. The summed E-state index contributed by atoms with van der Waals surface area (Å²) in [4.78, 5) is 69.1. The lowest BCUT2D eigenvalue weighted by Gasteiger charge is -2.49. The van der Waals surface area contributed by atoms with Crippen molar-refractivity contribution < 1.29 is 38.7 Å². The second-order valence-electron chi connectivity index (χ2n) is 6.84. The van der Waals surface area contributed by atoms with Gasteiger partial charge in [0.15, 0.2) is 10.8 Å². The molecule has 0 radical (unpaired) electrons. The molecular formula is C19H19N5O8S2. The van der Waals surface area contributed by atoms with Gasteiger partial charge in [-0.2, -0.15) is 0 Å². The minimum atomic E-state index is -1.31. The van der Waals surface area contributed by atoms with Crippen LogP contribution in [-0.4, -0.2) is 74.2 Å². The van der Waals surface area contributed by atoms with E-state index in [9.17, 15) is 29.1 Å². The zero-order valence-corrected chi connectivity index (χ0v) is 19.5. The molecule has 2 aliphatic rings. The number of oxime groups is 1. The molecule has 0 spiro atoms. The molecule has 1 fully saturated rings. The molecule has 13 nitrogen and oxygen atoms in total. The number of hydrogen-bond acceptors (Lipinski definition) is 12. The zero-order chi connectivity index (χ0) is 25.0. The first-order chi connectivity index (χ1) is 16.1. The minimum Gasteiger partial charge on any atom is -0.477 e. The van der Waals surface area contributed by atoms with Gasteiger partial charge in [0.05, 0.1) is 0 Å². The maximum Gasteiger partial charge on any atom is 0.352 e. The molecule has 0 unspecified atom stereocenters. The smallest absolute Gasteiger partial charge is 0.352 e. The Morgan fingerprint density at radius 3 is 2.68 bits per heavy atom. The summed E-state index contributed by atoms with van der Waals surface area (Å²) in [7, 11) is 0. The van der Waals surface area contributed by atoms with E-state index in [1.807, 2.05) is 0 Å². The first kappa shape index (κ1) is 24.9. The van der Waals surface area contributed by atoms with Crippen molar-refractivity contribution in [1.82, 2.24) is 15.2 Å². The standard InChI is InChI=1S/C19H19N5O8S2/c1-8(25)31-5-3-4-10-6-33-17-13(16(28)24(17)14(10)18(29)30)22-15(27)12(23-32-9(2)26)11-7-34-19(20)21-11/h3-4,7,13,17H,5-6H2,1-2H3,(H2,20,21)(H,22,27)(H,29,30)/b4-3+,23-12-/t13-,17+/m1/s1. The van der Waals surface area contributed by atoms with Crippen molar-refractivity contribution in [2.75, 3.05) is 18.1 Å². The first-order valence-electron chi connectivity index (χ1n) is 9.59. The molecule has 3 heterocycles. The summed E-state index contributed by atoms with van der Waals surface area (Å²) in [6, 6.07) is -1.04. The average Bonchev–Trinajstić information content (AvgIpc) is 3.19. The van der Waals surface area contributed by atoms with Crippen LogP contribution in [0.25, 0.3) is 0 Å². The monoisotopic (exact) mass is 509 g/mol. The molecule has 15 heteroatoms. The van der Waals surface area contributed by atoms with Gasteiger partial charge in [-0.3, -0.25) is 19.3 Å². The highest BCUT2D eigenvalue weighted by atomic mass is 32.2. The van der Waals surface area contributed by atoms with Gasteiger partial charge in [0.2, 0.25) is 0 Å². The van der Waals surface area contributed by atoms with Crippen molar-refractivity contribution in [3.05, 3.63) is 34.5 Å². The highest BCUT2D eigenvalue weighted by Crippen LogP contribution is 2.40. The van der Waals surface area contributed by atoms with E-state index in [1.54, 1.807) is 0 Å². The fourth-order valence-electron chi connectivity index (χ4n) is 3.05. The number of esters is 1. The third-order valence-corrected chi connectivity index (χ3v) is 6.41. The molecule has 4 N–H and O–H groups in total. The fraction of sp³-hybridized carbons (Fsp3) is 0.316. The minimum absolute atomic E-state index is 0.0436. The Balaban J connectivity index is 1.77. The molecule has 1 aromatic rings. The number of nitrogens with two attached hydrogens (primary N) is 1. The molecular weight excluding hydrogens is 490 g/mol. The fourth-order valence-corrected chi connectivity index (χ4v) is 4.91. The number of aliphatic carboxylic acids is 1. The zero-order valence-electron chi connectivity index (χ0n) is 17.8. The van der Waals surface area contributed by atoms with Crippen LogP contribution in [0, 0.1) is 0 Å². The number of carbonyl (C=O) groups excluding carboxylic acids is 4. The van der Waals surface area contributed by atoms with Crippen LogP contribution >= 0.6 is 23.1 Å². The highest BCUT2D eigenvalue weighted by molar-refractivity contribution is 8.00. The summed E-state index contributed by atoms with van der Waals surface area (Å²) >= 11 is 2.28. The van der Waals surface area contributed by atoms with Crippen molar-refractivity contribution in [1.29, 1.82) is 0 Å². The molecule has 0 bridgehead atoms. The van der Waals surface area contributed by atoms with E-state index in [1.165, 1.54) is 36.2 Å². The predicted octanol–water partition coefficient (Wildman–Crippen LogP) is -0.150. The maximum atomic E-state index is 12.8. The second kappa shape index (κ2) is 10.5. The van der Waals surface area contributed by atoms with Gasteiger partial charge in [-0.05, 0) is 11.6 Å². The van der Waals surface area contributed by atoms with Crippen LogP contribution in [0.5, 0.6) is 0 Å². The summed E-state index contributed by atoms with van der Waals surface area (Å²) in [5, 5.41) is 16.6. The predicted molar refractivity (Wildman–Crippen MR) is 120 cm³/mol. The molecule has 0 aromatic carbocycles. The number of carboxylic acids is 1. The van der Waals surface area contributed by atoms with E-state index in [4.69, 9.17) is 10.5 Å². The molecule has 180 valence electrons. The topological polar surface area (TPSA) is 191 Å². The van der Waals surface area contributed by atoms with Crippen LogP contribution in [0.3, 0.4) is 0 Å². The van der Waals surface area contributed by atoms with Gasteiger partial charge in [-0.25, -0.2) is 14.6 Å². The number of thiazole rings is 1. The van der Waals surface area contributed by atoms with Gasteiger partial charge in [-0.1, -0.05) is 11.2 Å². The Bertz CT molecular complexity index is 1140. The van der Waals surface area contributed by atoms with Crippen LogP contribution in [0.4, 0.5) is 5.13 Å². The quantitative estimate of drug-likeness (QED) is 0.139. The molecule has 2 aliphatic heterocycles. The number of ether oxygens (including phenoxy) is 1. The Kier molecular flexibility index (Phi) is 7.68. The number of amides is 2. The van der Waals surface area contributed by atoms with E-state index < -0.39 is 41.1 Å². The number of nitrogen functional groups attached to an aromatic ring is 1. The van der Waals surface area contributed by atoms with E-state index in [0.717, 1.165) is 23.2 Å². The van der Waals surface area contributed by atoms with Crippen molar-refractivity contribution in [3.63, 3.8) is 0 Å². The molecule has 1 aromatic heterocycles. The summed E-state index contributed by atoms with van der Waals surface area (Å²) in [6.07, 6.45) is 2.95. The molecule has 2 amide bonds. The Labute approximate surface area is 200 Å². The number of thioether (sulfide) groups is 1. The van der Waals surface area contributed by atoms with Crippen LogP contribution in [0.15, 0.2) is 34.0 Å². The van der Waals surface area contributed by atoms with E-state index in [2.05, 4.69) is 20.3 Å². The summed E-state index contributed by atoms with van der Waals surface area (Å²) in [6.45, 7) is 2.30. The van der Waals surface area contributed by atoms with Crippen LogP contribution in [-0.2, 0) is 33.5 Å². The number of nitrogens with one attached hydrogen (secondary N) is 1. The summed E-state index contributed by atoms with van der Waals surface area (Å²) in [5.74, 6) is -3.82. The number of anilines is 1. The van der Waals surface area contributed by atoms with E-state index in [-0.39, 0.29) is 34.6 Å². The van der Waals surface area contributed by atoms with E-state index in [0.29, 0.717) is 5.57 Å².